The quantitative estimate of drug-likeness (QED) is 0.382. The van der Waals surface area contributed by atoms with Crippen molar-refractivity contribution in [3.63, 3.8) is 0 Å². The van der Waals surface area contributed by atoms with Crippen LogP contribution in [0.5, 0.6) is 0 Å². The molecule has 0 amide bonds. The van der Waals surface area contributed by atoms with Gasteiger partial charge in [0.15, 0.2) is 0 Å². The van der Waals surface area contributed by atoms with Gasteiger partial charge in [0.2, 0.25) is 0 Å². The number of aryl methyl sites for hydroxylation is 1. The highest BCUT2D eigenvalue weighted by Gasteiger charge is 2.41. The highest BCUT2D eigenvalue weighted by molar-refractivity contribution is 5.75. The van der Waals surface area contributed by atoms with Gasteiger partial charge in [0.25, 0.3) is 0 Å². The Hall–Kier alpha value is -2.99. The van der Waals surface area contributed by atoms with Crippen LogP contribution in [0.25, 0.3) is 0 Å². The van der Waals surface area contributed by atoms with Gasteiger partial charge < -0.3 is 15.1 Å². The zero-order valence-electron chi connectivity index (χ0n) is 22.2. The molecule has 2 aliphatic rings. The Labute approximate surface area is 226 Å². The van der Waals surface area contributed by atoms with Gasteiger partial charge in [-0.2, -0.15) is 0 Å². The molecule has 2 fully saturated rings. The molecule has 0 spiro atoms. The summed E-state index contributed by atoms with van der Waals surface area (Å²) in [6.07, 6.45) is 4.46. The molecule has 0 aliphatic carbocycles. The highest BCUT2D eigenvalue weighted by Crippen LogP contribution is 2.39. The third-order valence-corrected chi connectivity index (χ3v) is 8.64. The standard InChI is InChI=1S/C33H40N2O3/c36-32(37)31(28-16-8-3-9-17-28)35-24-29(30(25-35)27-14-6-2-7-15-27)23-34-21-19-33(38,20-22-34)18-10-13-26-11-4-1-5-12-26/h1-9,11-12,14-17,29-31,38H,10,13,18-25H2,(H,36,37). The topological polar surface area (TPSA) is 64.0 Å². The number of hydrogen-bond donors (Lipinski definition) is 2. The van der Waals surface area contributed by atoms with Gasteiger partial charge in [0.1, 0.15) is 6.04 Å². The zero-order valence-corrected chi connectivity index (χ0v) is 22.2. The van der Waals surface area contributed by atoms with Crippen molar-refractivity contribution in [2.45, 2.75) is 49.7 Å². The van der Waals surface area contributed by atoms with Crippen LogP contribution < -0.4 is 0 Å². The number of likely N-dealkylation sites (tertiary alicyclic amines) is 2. The molecule has 3 atom stereocenters. The first-order chi connectivity index (χ1) is 18.5. The summed E-state index contributed by atoms with van der Waals surface area (Å²) in [6.45, 7) is 4.19. The third-order valence-electron chi connectivity index (χ3n) is 8.64. The maximum Gasteiger partial charge on any atom is 0.325 e. The largest absolute Gasteiger partial charge is 0.480 e. The van der Waals surface area contributed by atoms with Crippen LogP contribution in [0.2, 0.25) is 0 Å². The molecular formula is C33H40N2O3. The zero-order chi connectivity index (χ0) is 26.4. The van der Waals surface area contributed by atoms with Gasteiger partial charge >= 0.3 is 5.97 Å². The Morgan fingerprint density at radius 2 is 1.47 bits per heavy atom. The van der Waals surface area contributed by atoms with Crippen LogP contribution in [0.1, 0.15) is 54.3 Å². The molecule has 0 bridgehead atoms. The molecule has 2 aliphatic heterocycles. The third kappa shape index (κ3) is 6.52. The number of piperidine rings is 1. The number of aliphatic carboxylic acids is 1. The summed E-state index contributed by atoms with van der Waals surface area (Å²) in [4.78, 5) is 17.0. The minimum absolute atomic E-state index is 0.286. The second-order valence-electron chi connectivity index (χ2n) is 11.2. The van der Waals surface area contributed by atoms with Crippen LogP contribution in [0.3, 0.4) is 0 Å². The van der Waals surface area contributed by atoms with E-state index >= 15 is 0 Å². The number of aliphatic hydroxyl groups is 1. The molecule has 5 rings (SSSR count). The van der Waals surface area contributed by atoms with Crippen molar-refractivity contribution >= 4 is 5.97 Å². The van der Waals surface area contributed by atoms with E-state index in [-0.39, 0.29) is 5.92 Å². The summed E-state index contributed by atoms with van der Waals surface area (Å²) in [7, 11) is 0. The smallest absolute Gasteiger partial charge is 0.325 e. The number of nitrogens with zero attached hydrogens (tertiary/aromatic N) is 2. The Balaban J connectivity index is 1.22. The molecule has 2 saturated heterocycles. The van der Waals surface area contributed by atoms with Crippen LogP contribution >= 0.6 is 0 Å². The number of benzene rings is 3. The molecule has 0 radical (unpaired) electrons. The van der Waals surface area contributed by atoms with Crippen LogP contribution in [-0.4, -0.2) is 64.3 Å². The van der Waals surface area contributed by atoms with E-state index in [0.29, 0.717) is 5.92 Å². The predicted molar refractivity (Wildman–Crippen MR) is 151 cm³/mol. The fourth-order valence-electron chi connectivity index (χ4n) is 6.52. The van der Waals surface area contributed by atoms with E-state index in [1.807, 2.05) is 42.5 Å². The minimum atomic E-state index is -0.790. The SMILES string of the molecule is O=C(O)C(c1ccccc1)N1CC(CN2CCC(O)(CCCc3ccccc3)CC2)C(c2ccccc2)C1. The van der Waals surface area contributed by atoms with Gasteiger partial charge in [-0.05, 0) is 54.7 Å². The van der Waals surface area contributed by atoms with E-state index in [1.54, 1.807) is 0 Å². The number of rotatable bonds is 10. The fraction of sp³-hybridized carbons (Fsp3) is 0.424. The predicted octanol–water partition coefficient (Wildman–Crippen LogP) is 5.38. The molecule has 2 N–H and O–H groups in total. The summed E-state index contributed by atoms with van der Waals surface area (Å²) in [5, 5.41) is 21.4. The molecule has 38 heavy (non-hydrogen) atoms. The average Bonchev–Trinajstić information content (AvgIpc) is 3.34. The molecule has 0 aromatic heterocycles. The van der Waals surface area contributed by atoms with Gasteiger partial charge in [-0.25, -0.2) is 0 Å². The molecule has 200 valence electrons. The lowest BCUT2D eigenvalue weighted by Crippen LogP contribution is -2.46. The first-order valence-corrected chi connectivity index (χ1v) is 14.1. The van der Waals surface area contributed by atoms with Crippen LogP contribution in [0.15, 0.2) is 91.0 Å². The second kappa shape index (κ2) is 12.2. The lowest BCUT2D eigenvalue weighted by Gasteiger charge is -2.40. The first kappa shape index (κ1) is 26.6. The molecule has 3 unspecified atom stereocenters. The molecule has 5 nitrogen and oxygen atoms in total. The molecular weight excluding hydrogens is 472 g/mol. The monoisotopic (exact) mass is 512 g/mol. The lowest BCUT2D eigenvalue weighted by molar-refractivity contribution is -0.143. The minimum Gasteiger partial charge on any atom is -0.480 e. The fourth-order valence-corrected chi connectivity index (χ4v) is 6.52. The van der Waals surface area contributed by atoms with E-state index in [9.17, 15) is 15.0 Å². The summed E-state index contributed by atoms with van der Waals surface area (Å²) in [5.74, 6) is -0.164. The number of hydrogen-bond acceptors (Lipinski definition) is 4. The summed E-state index contributed by atoms with van der Waals surface area (Å²) < 4.78 is 0. The average molecular weight is 513 g/mol. The molecule has 0 saturated carbocycles. The van der Waals surface area contributed by atoms with Gasteiger partial charge in [-0.15, -0.1) is 0 Å². The van der Waals surface area contributed by atoms with Crippen molar-refractivity contribution in [3.8, 4) is 0 Å². The second-order valence-corrected chi connectivity index (χ2v) is 11.2. The van der Waals surface area contributed by atoms with Gasteiger partial charge in [-0.3, -0.25) is 9.69 Å². The van der Waals surface area contributed by atoms with Gasteiger partial charge in [-0.1, -0.05) is 91.0 Å². The Bertz CT molecular complexity index is 1150. The van der Waals surface area contributed by atoms with Crippen molar-refractivity contribution in [3.05, 3.63) is 108 Å². The van der Waals surface area contributed by atoms with Gasteiger partial charge in [0.05, 0.1) is 5.60 Å². The Morgan fingerprint density at radius 3 is 2.11 bits per heavy atom. The number of carboxylic acid groups (broad SMARTS) is 1. The lowest BCUT2D eigenvalue weighted by atomic mass is 9.84. The van der Waals surface area contributed by atoms with Crippen molar-refractivity contribution in [2.75, 3.05) is 32.7 Å². The Morgan fingerprint density at radius 1 is 0.868 bits per heavy atom. The van der Waals surface area contributed by atoms with E-state index in [2.05, 4.69) is 58.3 Å². The number of carboxylic acids is 1. The normalized spacial score (nSPS) is 22.8. The summed E-state index contributed by atoms with van der Waals surface area (Å²) in [6, 6.07) is 30.1. The Kier molecular flexibility index (Phi) is 8.58. The molecule has 2 heterocycles. The van der Waals surface area contributed by atoms with E-state index in [0.717, 1.165) is 70.4 Å². The van der Waals surface area contributed by atoms with E-state index < -0.39 is 17.6 Å². The molecule has 5 heteroatoms. The molecule has 3 aromatic carbocycles. The number of carbonyl (C=O) groups is 1. The van der Waals surface area contributed by atoms with E-state index in [1.165, 1.54) is 11.1 Å². The van der Waals surface area contributed by atoms with Crippen LogP contribution in [0, 0.1) is 5.92 Å². The summed E-state index contributed by atoms with van der Waals surface area (Å²) >= 11 is 0. The van der Waals surface area contributed by atoms with E-state index in [4.69, 9.17) is 0 Å². The summed E-state index contributed by atoms with van der Waals surface area (Å²) in [5.41, 5.74) is 2.88. The molecule has 3 aromatic rings. The first-order valence-electron chi connectivity index (χ1n) is 14.1. The van der Waals surface area contributed by atoms with Crippen molar-refractivity contribution < 1.29 is 15.0 Å². The van der Waals surface area contributed by atoms with Crippen LogP contribution in [0.4, 0.5) is 0 Å². The maximum atomic E-state index is 12.4. The highest BCUT2D eigenvalue weighted by atomic mass is 16.4. The van der Waals surface area contributed by atoms with Crippen LogP contribution in [-0.2, 0) is 11.2 Å². The van der Waals surface area contributed by atoms with Crippen molar-refractivity contribution in [1.29, 1.82) is 0 Å². The van der Waals surface area contributed by atoms with Crippen molar-refractivity contribution in [2.24, 2.45) is 5.92 Å². The maximum absolute atomic E-state index is 12.4. The van der Waals surface area contributed by atoms with Gasteiger partial charge in [0, 0.05) is 38.6 Å². The van der Waals surface area contributed by atoms with Crippen molar-refractivity contribution in [1.82, 2.24) is 9.80 Å².